The van der Waals surface area contributed by atoms with Gasteiger partial charge in [-0.3, -0.25) is 9.59 Å². The summed E-state index contributed by atoms with van der Waals surface area (Å²) in [7, 11) is 0. The Morgan fingerprint density at radius 1 is 1.44 bits per heavy atom. The molecular formula is C12H17N3O2S. The van der Waals surface area contributed by atoms with Crippen molar-refractivity contribution >= 4 is 28.8 Å². The minimum atomic E-state index is -0.162. The zero-order chi connectivity index (χ0) is 13.0. The number of nitrogens with two attached hydrogens (primary N) is 1. The van der Waals surface area contributed by atoms with Gasteiger partial charge in [-0.1, -0.05) is 0 Å². The molecule has 1 aliphatic carbocycles. The van der Waals surface area contributed by atoms with Crippen molar-refractivity contribution in [1.29, 1.82) is 0 Å². The number of nitrogen functional groups attached to an aromatic ring is 1. The number of rotatable bonds is 6. The van der Waals surface area contributed by atoms with E-state index >= 15 is 0 Å². The first-order valence-electron chi connectivity index (χ1n) is 6.07. The number of hydrogen-bond acceptors (Lipinski definition) is 4. The monoisotopic (exact) mass is 267 g/mol. The van der Waals surface area contributed by atoms with Crippen LogP contribution >= 0.6 is 11.3 Å². The van der Waals surface area contributed by atoms with E-state index in [1.807, 2.05) is 0 Å². The van der Waals surface area contributed by atoms with E-state index in [-0.39, 0.29) is 11.8 Å². The quantitative estimate of drug-likeness (QED) is 0.675. The van der Waals surface area contributed by atoms with E-state index in [4.69, 9.17) is 5.73 Å². The van der Waals surface area contributed by atoms with Gasteiger partial charge in [0.25, 0.3) is 5.91 Å². The Morgan fingerprint density at radius 3 is 2.83 bits per heavy atom. The lowest BCUT2D eigenvalue weighted by atomic mass is 10.3. The molecule has 4 N–H and O–H groups in total. The highest BCUT2D eigenvalue weighted by molar-refractivity contribution is 7.12. The van der Waals surface area contributed by atoms with Gasteiger partial charge < -0.3 is 16.4 Å². The Labute approximate surface area is 110 Å². The van der Waals surface area contributed by atoms with Gasteiger partial charge in [-0.05, 0) is 30.7 Å². The summed E-state index contributed by atoms with van der Waals surface area (Å²) in [4.78, 5) is 23.6. The summed E-state index contributed by atoms with van der Waals surface area (Å²) < 4.78 is 0. The molecule has 1 fully saturated rings. The van der Waals surface area contributed by atoms with Crippen LogP contribution < -0.4 is 16.4 Å². The normalized spacial score (nSPS) is 14.2. The van der Waals surface area contributed by atoms with Gasteiger partial charge in [0.15, 0.2) is 0 Å². The molecule has 0 radical (unpaired) electrons. The summed E-state index contributed by atoms with van der Waals surface area (Å²) in [5, 5.41) is 7.46. The zero-order valence-electron chi connectivity index (χ0n) is 10.1. The molecule has 6 heteroatoms. The van der Waals surface area contributed by atoms with Crippen LogP contribution in [-0.2, 0) is 4.79 Å². The van der Waals surface area contributed by atoms with Gasteiger partial charge in [-0.15, -0.1) is 11.3 Å². The molecule has 18 heavy (non-hydrogen) atoms. The summed E-state index contributed by atoms with van der Waals surface area (Å²) in [5.41, 5.74) is 6.14. The standard InChI is InChI=1S/C12H17N3O2S/c13-9-5-7-18-11(9)12(17)14-6-1-2-10(16)15-8-3-4-8/h5,7-8H,1-4,6,13H2,(H,14,17)(H,15,16). The van der Waals surface area contributed by atoms with Crippen LogP contribution in [0.15, 0.2) is 11.4 Å². The second-order valence-corrected chi connectivity index (χ2v) is 5.32. The van der Waals surface area contributed by atoms with Crippen LogP contribution in [0.1, 0.15) is 35.4 Å². The van der Waals surface area contributed by atoms with Crippen molar-refractivity contribution < 1.29 is 9.59 Å². The molecule has 1 heterocycles. The molecule has 0 bridgehead atoms. The van der Waals surface area contributed by atoms with Gasteiger partial charge in [0, 0.05) is 19.0 Å². The highest BCUT2D eigenvalue weighted by Crippen LogP contribution is 2.19. The van der Waals surface area contributed by atoms with Crippen LogP contribution in [0.5, 0.6) is 0 Å². The number of hydrogen-bond donors (Lipinski definition) is 3. The van der Waals surface area contributed by atoms with E-state index < -0.39 is 0 Å². The van der Waals surface area contributed by atoms with Gasteiger partial charge >= 0.3 is 0 Å². The summed E-state index contributed by atoms with van der Waals surface area (Å²) in [6, 6.07) is 2.11. The maximum Gasteiger partial charge on any atom is 0.263 e. The molecule has 2 amide bonds. The van der Waals surface area contributed by atoms with E-state index in [0.717, 1.165) is 12.8 Å². The number of thiophene rings is 1. The van der Waals surface area contributed by atoms with Crippen LogP contribution in [0, 0.1) is 0 Å². The second kappa shape index (κ2) is 5.86. The van der Waals surface area contributed by atoms with Gasteiger partial charge in [0.2, 0.25) is 5.91 Å². The van der Waals surface area contributed by atoms with Crippen LogP contribution in [0.2, 0.25) is 0 Å². The molecule has 2 rings (SSSR count). The van der Waals surface area contributed by atoms with Crippen LogP contribution in [-0.4, -0.2) is 24.4 Å². The van der Waals surface area contributed by atoms with Crippen molar-refractivity contribution in [2.45, 2.75) is 31.7 Å². The van der Waals surface area contributed by atoms with E-state index in [2.05, 4.69) is 10.6 Å². The molecule has 98 valence electrons. The Balaban J connectivity index is 1.61. The van der Waals surface area contributed by atoms with Crippen molar-refractivity contribution in [2.75, 3.05) is 12.3 Å². The topological polar surface area (TPSA) is 84.2 Å². The summed E-state index contributed by atoms with van der Waals surface area (Å²) in [5.74, 6) is -0.0903. The van der Waals surface area contributed by atoms with Gasteiger partial charge in [-0.2, -0.15) is 0 Å². The Hall–Kier alpha value is -1.56. The highest BCUT2D eigenvalue weighted by Gasteiger charge is 2.22. The molecular weight excluding hydrogens is 250 g/mol. The summed E-state index contributed by atoms with van der Waals surface area (Å²) in [6.45, 7) is 0.494. The van der Waals surface area contributed by atoms with Gasteiger partial charge in [0.05, 0.1) is 5.69 Å². The van der Waals surface area contributed by atoms with E-state index in [0.29, 0.717) is 36.0 Å². The lowest BCUT2D eigenvalue weighted by molar-refractivity contribution is -0.121. The molecule has 1 aromatic rings. The zero-order valence-corrected chi connectivity index (χ0v) is 10.9. The van der Waals surface area contributed by atoms with E-state index in [1.54, 1.807) is 11.4 Å². The van der Waals surface area contributed by atoms with Crippen molar-refractivity contribution in [3.8, 4) is 0 Å². The molecule has 0 saturated heterocycles. The first kappa shape index (κ1) is 12.9. The van der Waals surface area contributed by atoms with Crippen molar-refractivity contribution in [2.24, 2.45) is 0 Å². The van der Waals surface area contributed by atoms with Crippen molar-refractivity contribution in [3.05, 3.63) is 16.3 Å². The first-order chi connectivity index (χ1) is 8.66. The summed E-state index contributed by atoms with van der Waals surface area (Å²) >= 11 is 1.32. The van der Waals surface area contributed by atoms with Gasteiger partial charge in [-0.25, -0.2) is 0 Å². The van der Waals surface area contributed by atoms with Crippen molar-refractivity contribution in [1.82, 2.24) is 10.6 Å². The number of nitrogens with one attached hydrogen (secondary N) is 2. The lowest BCUT2D eigenvalue weighted by Gasteiger charge is -2.05. The van der Waals surface area contributed by atoms with Crippen molar-refractivity contribution in [3.63, 3.8) is 0 Å². The molecule has 1 aromatic heterocycles. The summed E-state index contributed by atoms with van der Waals surface area (Å²) in [6.07, 6.45) is 3.30. The molecule has 0 atom stereocenters. The fraction of sp³-hybridized carbons (Fsp3) is 0.500. The number of carbonyl (C=O) groups is 2. The maximum absolute atomic E-state index is 11.7. The van der Waals surface area contributed by atoms with E-state index in [1.165, 1.54) is 11.3 Å². The van der Waals surface area contributed by atoms with Crippen LogP contribution in [0.4, 0.5) is 5.69 Å². The molecule has 0 aliphatic heterocycles. The van der Waals surface area contributed by atoms with E-state index in [9.17, 15) is 9.59 Å². The van der Waals surface area contributed by atoms with Crippen LogP contribution in [0.25, 0.3) is 0 Å². The first-order valence-corrected chi connectivity index (χ1v) is 6.95. The number of amides is 2. The molecule has 0 unspecified atom stereocenters. The molecule has 1 aliphatic rings. The maximum atomic E-state index is 11.7. The third-order valence-electron chi connectivity index (χ3n) is 2.71. The van der Waals surface area contributed by atoms with Gasteiger partial charge in [0.1, 0.15) is 4.88 Å². The molecule has 5 nitrogen and oxygen atoms in total. The smallest absolute Gasteiger partial charge is 0.263 e. The third kappa shape index (κ3) is 3.73. The second-order valence-electron chi connectivity index (χ2n) is 4.41. The third-order valence-corrected chi connectivity index (χ3v) is 3.64. The molecule has 0 spiro atoms. The highest BCUT2D eigenvalue weighted by atomic mass is 32.1. The minimum Gasteiger partial charge on any atom is -0.397 e. The fourth-order valence-electron chi connectivity index (χ4n) is 1.56. The largest absolute Gasteiger partial charge is 0.397 e. The lowest BCUT2D eigenvalue weighted by Crippen LogP contribution is -2.28. The minimum absolute atomic E-state index is 0.0717. The Morgan fingerprint density at radius 2 is 2.22 bits per heavy atom. The molecule has 0 aromatic carbocycles. The number of carbonyl (C=O) groups excluding carboxylic acids is 2. The average Bonchev–Trinajstić information content (AvgIpc) is 3.04. The fourth-order valence-corrected chi connectivity index (χ4v) is 2.30. The Kier molecular flexibility index (Phi) is 4.19. The predicted octanol–water partition coefficient (Wildman–Crippen LogP) is 1.12. The van der Waals surface area contributed by atoms with Crippen LogP contribution in [0.3, 0.4) is 0 Å². The average molecular weight is 267 g/mol. The number of anilines is 1. The SMILES string of the molecule is Nc1ccsc1C(=O)NCCCC(=O)NC1CC1. The molecule has 1 saturated carbocycles. The Bertz CT molecular complexity index is 440. The predicted molar refractivity (Wildman–Crippen MR) is 71.5 cm³/mol.